The van der Waals surface area contributed by atoms with Crippen molar-refractivity contribution in [3.8, 4) is 0 Å². The Labute approximate surface area is 102 Å². The van der Waals surface area contributed by atoms with E-state index in [4.69, 9.17) is 16.7 Å². The molecule has 0 saturated carbocycles. The molecule has 2 N–H and O–H groups in total. The van der Waals surface area contributed by atoms with Gasteiger partial charge < -0.3 is 10.4 Å². The molecule has 6 heteroatoms. The lowest BCUT2D eigenvalue weighted by molar-refractivity contribution is -0.0490. The minimum absolute atomic E-state index is 0.0124. The fourth-order valence-corrected chi connectivity index (χ4v) is 1.38. The van der Waals surface area contributed by atoms with Crippen LogP contribution in [0.4, 0.5) is 13.2 Å². The normalized spacial score (nSPS) is 13.8. The number of rotatable bonds is 5. The van der Waals surface area contributed by atoms with E-state index in [1.165, 1.54) is 12.1 Å². The van der Waals surface area contributed by atoms with Crippen molar-refractivity contribution < 1.29 is 18.3 Å². The van der Waals surface area contributed by atoms with Gasteiger partial charge in [0.2, 0.25) is 0 Å². The van der Waals surface area contributed by atoms with Gasteiger partial charge in [0, 0.05) is 6.04 Å². The Hall–Kier alpha value is -0.780. The second-order valence-corrected chi connectivity index (χ2v) is 4.20. The lowest BCUT2D eigenvalue weighted by Crippen LogP contribution is -2.37. The number of halogens is 4. The molecule has 0 aliphatic heterocycles. The molecular formula is C11H13ClF3NO. The average molecular weight is 268 g/mol. The minimum Gasteiger partial charge on any atom is -0.390 e. The Morgan fingerprint density at radius 2 is 2.12 bits per heavy atom. The van der Waals surface area contributed by atoms with Crippen LogP contribution in [-0.4, -0.2) is 24.2 Å². The van der Waals surface area contributed by atoms with Gasteiger partial charge in [0.1, 0.15) is 12.4 Å². The highest BCUT2D eigenvalue weighted by molar-refractivity contribution is 6.30. The molecule has 1 aromatic carbocycles. The first kappa shape index (κ1) is 14.3. The summed E-state index contributed by atoms with van der Waals surface area (Å²) in [5.74, 6) is -3.77. The summed E-state index contributed by atoms with van der Waals surface area (Å²) in [7, 11) is 0. The van der Waals surface area contributed by atoms with Crippen molar-refractivity contribution in [1.29, 1.82) is 0 Å². The number of hydrogen-bond donors (Lipinski definition) is 2. The molecule has 1 aromatic rings. The van der Waals surface area contributed by atoms with Crippen LogP contribution in [0.2, 0.25) is 5.02 Å². The fraction of sp³-hybridized carbons (Fsp3) is 0.455. The maximum absolute atomic E-state index is 13.1. The SMILES string of the molecule is CC(NCC(F)(F)CO)c1ccc(Cl)c(F)c1. The maximum Gasteiger partial charge on any atom is 0.282 e. The molecule has 0 fully saturated rings. The van der Waals surface area contributed by atoms with Gasteiger partial charge in [-0.15, -0.1) is 0 Å². The highest BCUT2D eigenvalue weighted by atomic mass is 35.5. The third-order valence-electron chi connectivity index (χ3n) is 2.34. The van der Waals surface area contributed by atoms with Crippen LogP contribution in [0, 0.1) is 5.82 Å². The zero-order valence-electron chi connectivity index (χ0n) is 9.18. The summed E-state index contributed by atoms with van der Waals surface area (Å²) in [6, 6.07) is 3.66. The third-order valence-corrected chi connectivity index (χ3v) is 2.65. The van der Waals surface area contributed by atoms with E-state index in [9.17, 15) is 13.2 Å². The molecule has 0 heterocycles. The lowest BCUT2D eigenvalue weighted by atomic mass is 10.1. The van der Waals surface area contributed by atoms with Gasteiger partial charge >= 0.3 is 0 Å². The molecular weight excluding hydrogens is 255 g/mol. The van der Waals surface area contributed by atoms with Crippen molar-refractivity contribution >= 4 is 11.6 Å². The van der Waals surface area contributed by atoms with E-state index in [2.05, 4.69) is 5.32 Å². The van der Waals surface area contributed by atoms with Gasteiger partial charge in [0.05, 0.1) is 11.6 Å². The van der Waals surface area contributed by atoms with E-state index in [-0.39, 0.29) is 5.02 Å². The second kappa shape index (κ2) is 5.71. The summed E-state index contributed by atoms with van der Waals surface area (Å²) in [6.45, 7) is -0.271. The van der Waals surface area contributed by atoms with Crippen LogP contribution in [0.15, 0.2) is 18.2 Å². The molecule has 96 valence electrons. The predicted octanol–water partition coefficient (Wildman–Crippen LogP) is 2.76. The summed E-state index contributed by atoms with van der Waals surface area (Å²) in [4.78, 5) is 0. The van der Waals surface area contributed by atoms with Gasteiger partial charge in [-0.2, -0.15) is 0 Å². The summed E-state index contributed by atoms with van der Waals surface area (Å²) >= 11 is 5.51. The lowest BCUT2D eigenvalue weighted by Gasteiger charge is -2.19. The quantitative estimate of drug-likeness (QED) is 0.860. The zero-order valence-corrected chi connectivity index (χ0v) is 9.94. The van der Waals surface area contributed by atoms with Crippen molar-refractivity contribution in [3.05, 3.63) is 34.6 Å². The van der Waals surface area contributed by atoms with Gasteiger partial charge in [-0.3, -0.25) is 0 Å². The first-order chi connectivity index (χ1) is 7.85. The monoisotopic (exact) mass is 267 g/mol. The van der Waals surface area contributed by atoms with E-state index in [0.29, 0.717) is 5.56 Å². The van der Waals surface area contributed by atoms with Crippen LogP contribution in [0.25, 0.3) is 0 Å². The van der Waals surface area contributed by atoms with Crippen LogP contribution in [-0.2, 0) is 0 Å². The molecule has 2 nitrogen and oxygen atoms in total. The van der Waals surface area contributed by atoms with E-state index in [1.807, 2.05) is 0 Å². The van der Waals surface area contributed by atoms with E-state index in [0.717, 1.165) is 0 Å². The summed E-state index contributed by atoms with van der Waals surface area (Å²) in [6.07, 6.45) is 0. The molecule has 0 amide bonds. The van der Waals surface area contributed by atoms with Crippen molar-refractivity contribution in [3.63, 3.8) is 0 Å². The Morgan fingerprint density at radius 1 is 1.47 bits per heavy atom. The molecule has 0 bridgehead atoms. The number of nitrogens with one attached hydrogen (secondary N) is 1. The second-order valence-electron chi connectivity index (χ2n) is 3.79. The molecule has 0 aromatic heterocycles. The van der Waals surface area contributed by atoms with Gasteiger partial charge in [-0.1, -0.05) is 17.7 Å². The minimum atomic E-state index is -3.18. The van der Waals surface area contributed by atoms with Crippen molar-refractivity contribution in [2.24, 2.45) is 0 Å². The van der Waals surface area contributed by atoms with Gasteiger partial charge in [0.15, 0.2) is 0 Å². The summed E-state index contributed by atoms with van der Waals surface area (Å²) < 4.78 is 38.7. The van der Waals surface area contributed by atoms with Crippen LogP contribution in [0.5, 0.6) is 0 Å². The largest absolute Gasteiger partial charge is 0.390 e. The molecule has 1 atom stereocenters. The Balaban J connectivity index is 2.64. The Bertz CT molecular complexity index is 387. The molecule has 0 aliphatic rings. The van der Waals surface area contributed by atoms with Crippen LogP contribution in [0.1, 0.15) is 18.5 Å². The topological polar surface area (TPSA) is 32.3 Å². The smallest absolute Gasteiger partial charge is 0.282 e. The van der Waals surface area contributed by atoms with Gasteiger partial charge in [-0.25, -0.2) is 13.2 Å². The van der Waals surface area contributed by atoms with Crippen LogP contribution in [0.3, 0.4) is 0 Å². The highest BCUT2D eigenvalue weighted by Gasteiger charge is 2.27. The maximum atomic E-state index is 13.1. The van der Waals surface area contributed by atoms with Gasteiger partial charge in [-0.05, 0) is 24.6 Å². The van der Waals surface area contributed by atoms with E-state index >= 15 is 0 Å². The zero-order chi connectivity index (χ0) is 13.1. The Morgan fingerprint density at radius 3 is 2.65 bits per heavy atom. The van der Waals surface area contributed by atoms with Gasteiger partial charge in [0.25, 0.3) is 5.92 Å². The average Bonchev–Trinajstić information content (AvgIpc) is 2.30. The molecule has 0 spiro atoms. The molecule has 0 aliphatic carbocycles. The highest BCUT2D eigenvalue weighted by Crippen LogP contribution is 2.21. The number of aliphatic hydroxyl groups excluding tert-OH is 1. The van der Waals surface area contributed by atoms with E-state index in [1.54, 1.807) is 13.0 Å². The van der Waals surface area contributed by atoms with E-state index < -0.39 is 30.9 Å². The number of benzene rings is 1. The molecule has 17 heavy (non-hydrogen) atoms. The van der Waals surface area contributed by atoms with Crippen molar-refractivity contribution in [1.82, 2.24) is 5.32 Å². The molecule has 0 saturated heterocycles. The first-order valence-corrected chi connectivity index (χ1v) is 5.40. The first-order valence-electron chi connectivity index (χ1n) is 5.03. The van der Waals surface area contributed by atoms with Crippen LogP contribution >= 0.6 is 11.6 Å². The number of alkyl halides is 2. The van der Waals surface area contributed by atoms with Crippen LogP contribution < -0.4 is 5.32 Å². The molecule has 0 radical (unpaired) electrons. The number of aliphatic hydroxyl groups is 1. The summed E-state index contributed by atoms with van der Waals surface area (Å²) in [5.41, 5.74) is 0.514. The summed E-state index contributed by atoms with van der Waals surface area (Å²) in [5, 5.41) is 10.9. The van der Waals surface area contributed by atoms with Crippen molar-refractivity contribution in [2.75, 3.05) is 13.2 Å². The number of hydrogen-bond acceptors (Lipinski definition) is 2. The Kier molecular flexibility index (Phi) is 4.80. The third kappa shape index (κ3) is 4.18. The molecule has 1 rings (SSSR count). The van der Waals surface area contributed by atoms with Crippen molar-refractivity contribution in [2.45, 2.75) is 18.9 Å². The fourth-order valence-electron chi connectivity index (χ4n) is 1.26. The molecule has 1 unspecified atom stereocenters. The standard InChI is InChI=1S/C11H13ClF3NO/c1-7(16-5-11(14,15)6-17)8-2-3-9(12)10(13)4-8/h2-4,7,16-17H,5-6H2,1H3. The predicted molar refractivity (Wildman–Crippen MR) is 59.9 cm³/mol.